The van der Waals surface area contributed by atoms with Crippen LogP contribution in [0.4, 0.5) is 4.79 Å². The molecule has 3 N–H and O–H groups in total. The van der Waals surface area contributed by atoms with E-state index in [4.69, 9.17) is 0 Å². The summed E-state index contributed by atoms with van der Waals surface area (Å²) in [6.45, 7) is 4.18. The zero-order valence-electron chi connectivity index (χ0n) is 14.0. The second-order valence-corrected chi connectivity index (χ2v) is 6.43. The average Bonchev–Trinajstić information content (AvgIpc) is 2.73. The number of rotatable bonds is 5. The molecule has 1 aliphatic carbocycles. The molecule has 1 aliphatic heterocycles. The van der Waals surface area contributed by atoms with Crippen LogP contribution in [-0.4, -0.2) is 54.5 Å². The molecule has 3 unspecified atom stereocenters. The molecule has 0 radical (unpaired) electrons. The second-order valence-electron chi connectivity index (χ2n) is 6.43. The molecule has 7 nitrogen and oxygen atoms in total. The minimum absolute atomic E-state index is 0. The largest absolute Gasteiger partial charge is 0.353 e. The number of nitrogens with zero attached hydrogens (tertiary/aromatic N) is 1. The zero-order valence-corrected chi connectivity index (χ0v) is 14.8. The van der Waals surface area contributed by atoms with E-state index in [1.165, 1.54) is 0 Å². The van der Waals surface area contributed by atoms with Gasteiger partial charge < -0.3 is 16.0 Å². The Labute approximate surface area is 143 Å². The molecule has 1 saturated heterocycles. The predicted molar refractivity (Wildman–Crippen MR) is 89.4 cm³/mol. The Morgan fingerprint density at radius 2 is 2.13 bits per heavy atom. The first-order chi connectivity index (χ1) is 10.4. The molecule has 132 valence electrons. The lowest BCUT2D eigenvalue weighted by molar-refractivity contribution is -0.137. The summed E-state index contributed by atoms with van der Waals surface area (Å²) in [6.07, 6.45) is 3.59. The van der Waals surface area contributed by atoms with E-state index in [1.807, 2.05) is 20.9 Å². The summed E-state index contributed by atoms with van der Waals surface area (Å²) in [5, 5.41) is 8.58. The van der Waals surface area contributed by atoms with Crippen LogP contribution in [0.2, 0.25) is 0 Å². The minimum atomic E-state index is -0.798. The monoisotopic (exact) mass is 346 g/mol. The van der Waals surface area contributed by atoms with E-state index < -0.39 is 11.6 Å². The van der Waals surface area contributed by atoms with Crippen molar-refractivity contribution in [2.24, 2.45) is 5.92 Å². The third-order valence-electron chi connectivity index (χ3n) is 4.90. The van der Waals surface area contributed by atoms with Gasteiger partial charge in [0.15, 0.2) is 0 Å². The Hall–Kier alpha value is -1.34. The van der Waals surface area contributed by atoms with Crippen LogP contribution in [0.15, 0.2) is 0 Å². The van der Waals surface area contributed by atoms with Gasteiger partial charge in [-0.05, 0) is 32.7 Å². The number of halogens is 1. The Morgan fingerprint density at radius 3 is 2.74 bits per heavy atom. The fraction of sp³-hybridized carbons (Fsp3) is 0.800. The zero-order chi connectivity index (χ0) is 16.3. The molecule has 0 aromatic carbocycles. The Morgan fingerprint density at radius 1 is 1.43 bits per heavy atom. The lowest BCUT2D eigenvalue weighted by Crippen LogP contribution is -2.54. The summed E-state index contributed by atoms with van der Waals surface area (Å²) in [4.78, 5) is 37.8. The first-order valence-electron chi connectivity index (χ1n) is 7.99. The van der Waals surface area contributed by atoms with Crippen LogP contribution in [0.3, 0.4) is 0 Å². The van der Waals surface area contributed by atoms with Crippen molar-refractivity contribution in [3.05, 3.63) is 0 Å². The first kappa shape index (κ1) is 19.7. The van der Waals surface area contributed by atoms with E-state index in [2.05, 4.69) is 16.0 Å². The van der Waals surface area contributed by atoms with E-state index in [0.717, 1.165) is 24.2 Å². The minimum Gasteiger partial charge on any atom is -0.353 e. The number of imide groups is 1. The smallest absolute Gasteiger partial charge is 0.325 e. The molecule has 1 saturated carbocycles. The van der Waals surface area contributed by atoms with Gasteiger partial charge in [0.25, 0.3) is 5.91 Å². The van der Waals surface area contributed by atoms with Gasteiger partial charge in [0.2, 0.25) is 5.91 Å². The van der Waals surface area contributed by atoms with Crippen molar-refractivity contribution in [2.75, 3.05) is 20.1 Å². The van der Waals surface area contributed by atoms with Crippen molar-refractivity contribution >= 4 is 30.3 Å². The van der Waals surface area contributed by atoms with E-state index in [0.29, 0.717) is 13.0 Å². The van der Waals surface area contributed by atoms with Crippen molar-refractivity contribution in [1.29, 1.82) is 0 Å². The van der Waals surface area contributed by atoms with Gasteiger partial charge in [0.05, 0.1) is 0 Å². The number of carbonyl (C=O) groups is 3. The van der Waals surface area contributed by atoms with Crippen LogP contribution in [0.5, 0.6) is 0 Å². The highest BCUT2D eigenvalue weighted by atomic mass is 35.5. The third-order valence-corrected chi connectivity index (χ3v) is 4.90. The number of carbonyl (C=O) groups excluding carboxylic acids is 3. The molecule has 2 fully saturated rings. The molecule has 0 bridgehead atoms. The maximum atomic E-state index is 12.7. The maximum Gasteiger partial charge on any atom is 0.325 e. The van der Waals surface area contributed by atoms with Crippen LogP contribution in [0, 0.1) is 5.92 Å². The molecule has 23 heavy (non-hydrogen) atoms. The highest BCUT2D eigenvalue weighted by molar-refractivity contribution is 6.09. The number of nitrogens with one attached hydrogen (secondary N) is 3. The summed E-state index contributed by atoms with van der Waals surface area (Å²) < 4.78 is 0. The number of amides is 4. The molecular weight excluding hydrogens is 320 g/mol. The summed E-state index contributed by atoms with van der Waals surface area (Å²) in [7, 11) is 1.81. The normalized spacial score (nSPS) is 28.3. The molecule has 2 aliphatic rings. The van der Waals surface area contributed by atoms with Gasteiger partial charge >= 0.3 is 6.03 Å². The number of hydrogen-bond donors (Lipinski definition) is 3. The molecule has 4 amide bonds. The summed E-state index contributed by atoms with van der Waals surface area (Å²) >= 11 is 0. The number of hydrogen-bond acceptors (Lipinski definition) is 4. The van der Waals surface area contributed by atoms with Gasteiger partial charge in [0, 0.05) is 12.6 Å². The topological polar surface area (TPSA) is 90.5 Å². The van der Waals surface area contributed by atoms with E-state index in [-0.39, 0.29) is 42.7 Å². The molecule has 3 atom stereocenters. The van der Waals surface area contributed by atoms with Crippen LogP contribution < -0.4 is 16.0 Å². The van der Waals surface area contributed by atoms with Crippen molar-refractivity contribution in [2.45, 2.75) is 51.1 Å². The van der Waals surface area contributed by atoms with Gasteiger partial charge in [0.1, 0.15) is 12.1 Å². The van der Waals surface area contributed by atoms with Crippen molar-refractivity contribution < 1.29 is 14.4 Å². The third kappa shape index (κ3) is 3.95. The van der Waals surface area contributed by atoms with E-state index >= 15 is 0 Å². The molecule has 1 heterocycles. The van der Waals surface area contributed by atoms with Crippen LogP contribution in [0.25, 0.3) is 0 Å². The highest BCUT2D eigenvalue weighted by Gasteiger charge is 2.55. The van der Waals surface area contributed by atoms with Crippen LogP contribution in [-0.2, 0) is 9.59 Å². The summed E-state index contributed by atoms with van der Waals surface area (Å²) in [5.41, 5.74) is -0.798. The molecule has 8 heteroatoms. The van der Waals surface area contributed by atoms with Crippen LogP contribution in [0.1, 0.15) is 39.5 Å². The van der Waals surface area contributed by atoms with Crippen LogP contribution >= 0.6 is 12.4 Å². The lowest BCUT2D eigenvalue weighted by atomic mass is 9.73. The Kier molecular flexibility index (Phi) is 6.83. The Bertz CT molecular complexity index is 474. The molecule has 0 aromatic heterocycles. The highest BCUT2D eigenvalue weighted by Crippen LogP contribution is 2.37. The lowest BCUT2D eigenvalue weighted by Gasteiger charge is -2.36. The summed E-state index contributed by atoms with van der Waals surface area (Å²) in [5.74, 6) is -0.456. The second kappa shape index (κ2) is 7.97. The SMILES string of the molecule is CNC(C)CNC(=O)CN1C(=O)NC2(CCCCC2C)C1=O.Cl. The van der Waals surface area contributed by atoms with Gasteiger partial charge in [-0.3, -0.25) is 14.5 Å². The first-order valence-corrected chi connectivity index (χ1v) is 7.99. The molecule has 0 aromatic rings. The van der Waals surface area contributed by atoms with Crippen molar-refractivity contribution in [1.82, 2.24) is 20.9 Å². The molecular formula is C15H27ClN4O3. The van der Waals surface area contributed by atoms with E-state index in [9.17, 15) is 14.4 Å². The van der Waals surface area contributed by atoms with Gasteiger partial charge in [-0.1, -0.05) is 19.8 Å². The molecule has 2 rings (SSSR count). The quantitative estimate of drug-likeness (QED) is 0.637. The number of urea groups is 1. The van der Waals surface area contributed by atoms with Crippen molar-refractivity contribution in [3.63, 3.8) is 0 Å². The fourth-order valence-corrected chi connectivity index (χ4v) is 3.21. The van der Waals surface area contributed by atoms with Crippen molar-refractivity contribution in [3.8, 4) is 0 Å². The molecule has 1 spiro atoms. The standard InChI is InChI=1S/C15H26N4O3.ClH/c1-10-6-4-5-7-15(10)13(21)19(14(22)18-15)9-12(20)17-8-11(2)16-3;/h10-11,16H,4-9H2,1-3H3,(H,17,20)(H,18,22);1H. The maximum absolute atomic E-state index is 12.7. The Balaban J connectivity index is 0.00000264. The van der Waals surface area contributed by atoms with E-state index in [1.54, 1.807) is 0 Å². The predicted octanol–water partition coefficient (Wildman–Crippen LogP) is 0.633. The summed E-state index contributed by atoms with van der Waals surface area (Å²) in [6, 6.07) is -0.313. The fourth-order valence-electron chi connectivity index (χ4n) is 3.21. The van der Waals surface area contributed by atoms with Gasteiger partial charge in [-0.25, -0.2) is 4.79 Å². The number of likely N-dealkylation sites (N-methyl/N-ethyl adjacent to an activating group) is 1. The van der Waals surface area contributed by atoms with Gasteiger partial charge in [-0.15, -0.1) is 12.4 Å². The van der Waals surface area contributed by atoms with Gasteiger partial charge in [-0.2, -0.15) is 0 Å². The average molecular weight is 347 g/mol.